The summed E-state index contributed by atoms with van der Waals surface area (Å²) in [5.74, 6) is 0.639. The predicted octanol–water partition coefficient (Wildman–Crippen LogP) is 2.35. The normalized spacial score (nSPS) is 11.8. The summed E-state index contributed by atoms with van der Waals surface area (Å²) >= 11 is 0. The largest absolute Gasteiger partial charge is 0.338 e. The Bertz CT molecular complexity index is 851. The Kier molecular flexibility index (Phi) is 3.26. The molecule has 0 atom stereocenters. The number of aromatic nitrogens is 4. The number of hydrogen-bond donors (Lipinski definition) is 1. The average Bonchev–Trinajstić information content (AvgIpc) is 2.81. The molecule has 0 amide bonds. The summed E-state index contributed by atoms with van der Waals surface area (Å²) < 4.78 is 14.0. The van der Waals surface area contributed by atoms with Gasteiger partial charge in [0.05, 0.1) is 6.33 Å². The van der Waals surface area contributed by atoms with Gasteiger partial charge in [-0.1, -0.05) is 12.1 Å². The van der Waals surface area contributed by atoms with Crippen LogP contribution in [0.25, 0.3) is 11.2 Å². The highest BCUT2D eigenvalue weighted by atomic mass is 31.2. The molecular formula is C14H16N5OP. The maximum absolute atomic E-state index is 12.2. The number of fused-ring (bicyclic) bond motifs is 1. The van der Waals surface area contributed by atoms with Crippen molar-refractivity contribution in [1.29, 1.82) is 0 Å². The monoisotopic (exact) mass is 301 g/mol. The van der Waals surface area contributed by atoms with Crippen LogP contribution in [0.2, 0.25) is 0 Å². The zero-order chi connectivity index (χ0) is 15.0. The van der Waals surface area contributed by atoms with Gasteiger partial charge in [0.25, 0.3) is 0 Å². The van der Waals surface area contributed by atoms with Gasteiger partial charge in [0.1, 0.15) is 13.5 Å². The van der Waals surface area contributed by atoms with Crippen molar-refractivity contribution >= 4 is 35.1 Å². The third-order valence-corrected chi connectivity index (χ3v) is 4.75. The maximum atomic E-state index is 12.2. The molecule has 108 valence electrons. The van der Waals surface area contributed by atoms with Crippen molar-refractivity contribution in [2.45, 2.75) is 0 Å². The Labute approximate surface area is 122 Å². The first-order chi connectivity index (χ1) is 9.95. The Hall–Kier alpha value is -2.20. The molecular weight excluding hydrogens is 285 g/mol. The first-order valence-electron chi connectivity index (χ1n) is 6.50. The van der Waals surface area contributed by atoms with E-state index in [2.05, 4.69) is 20.3 Å². The molecule has 0 saturated carbocycles. The quantitative estimate of drug-likeness (QED) is 0.752. The van der Waals surface area contributed by atoms with Crippen molar-refractivity contribution in [2.24, 2.45) is 7.05 Å². The van der Waals surface area contributed by atoms with E-state index in [1.165, 1.54) is 6.33 Å². The lowest BCUT2D eigenvalue weighted by atomic mass is 10.3. The van der Waals surface area contributed by atoms with Gasteiger partial charge < -0.3 is 14.4 Å². The van der Waals surface area contributed by atoms with Crippen LogP contribution in [0.5, 0.6) is 0 Å². The van der Waals surface area contributed by atoms with E-state index >= 15 is 0 Å². The highest BCUT2D eigenvalue weighted by Gasteiger charge is 2.12. The molecule has 0 spiro atoms. The van der Waals surface area contributed by atoms with Crippen LogP contribution in [-0.4, -0.2) is 32.8 Å². The zero-order valence-corrected chi connectivity index (χ0v) is 13.0. The summed E-state index contributed by atoms with van der Waals surface area (Å²) in [6.45, 7) is 3.52. The highest BCUT2D eigenvalue weighted by Crippen LogP contribution is 2.35. The van der Waals surface area contributed by atoms with E-state index in [-0.39, 0.29) is 0 Å². The molecule has 6 nitrogen and oxygen atoms in total. The third-order valence-electron chi connectivity index (χ3n) is 3.23. The number of anilines is 2. The second kappa shape index (κ2) is 4.97. The summed E-state index contributed by atoms with van der Waals surface area (Å²) in [6.07, 6.45) is 3.20. The van der Waals surface area contributed by atoms with Crippen molar-refractivity contribution < 1.29 is 4.57 Å². The number of imidazole rings is 1. The standard InChI is InChI=1S/C14H16N5OP/c1-19-9-17-12-13(15-8-16-14(12)19)18-10-5-4-6-11(7-10)21(2,3)20/h4-9H,1-3H3,(H,15,16,18). The molecule has 3 rings (SSSR count). The van der Waals surface area contributed by atoms with Crippen LogP contribution in [0.3, 0.4) is 0 Å². The summed E-state index contributed by atoms with van der Waals surface area (Å²) in [6, 6.07) is 7.56. The van der Waals surface area contributed by atoms with E-state index in [4.69, 9.17) is 0 Å². The topological polar surface area (TPSA) is 72.7 Å². The van der Waals surface area contributed by atoms with Crippen molar-refractivity contribution in [1.82, 2.24) is 19.5 Å². The van der Waals surface area contributed by atoms with Crippen LogP contribution >= 0.6 is 7.14 Å². The fourth-order valence-electron chi connectivity index (χ4n) is 2.09. The molecule has 0 fully saturated rings. The summed E-state index contributed by atoms with van der Waals surface area (Å²) in [5, 5.41) is 4.06. The lowest BCUT2D eigenvalue weighted by molar-refractivity contribution is 0.588. The smallest absolute Gasteiger partial charge is 0.165 e. The molecule has 3 aromatic rings. The number of rotatable bonds is 3. The van der Waals surface area contributed by atoms with E-state index in [0.29, 0.717) is 11.3 Å². The van der Waals surface area contributed by atoms with Gasteiger partial charge >= 0.3 is 0 Å². The van der Waals surface area contributed by atoms with Gasteiger partial charge in [-0.25, -0.2) is 15.0 Å². The first kappa shape index (κ1) is 13.8. The first-order valence-corrected chi connectivity index (χ1v) is 9.10. The molecule has 1 N–H and O–H groups in total. The fourth-order valence-corrected chi connectivity index (χ4v) is 2.99. The van der Waals surface area contributed by atoms with E-state index in [0.717, 1.165) is 16.6 Å². The average molecular weight is 301 g/mol. The molecule has 2 heterocycles. The molecule has 0 aliphatic rings. The van der Waals surface area contributed by atoms with E-state index in [1.807, 2.05) is 35.9 Å². The summed E-state index contributed by atoms with van der Waals surface area (Å²) in [4.78, 5) is 12.8. The fraction of sp³-hybridized carbons (Fsp3) is 0.214. The SMILES string of the molecule is Cn1cnc2c(Nc3cccc(P(C)(C)=O)c3)ncnc21. The second-order valence-corrected chi connectivity index (χ2v) is 8.49. The number of nitrogens with one attached hydrogen (secondary N) is 1. The molecule has 0 aliphatic carbocycles. The van der Waals surface area contributed by atoms with Crippen molar-refractivity contribution in [3.05, 3.63) is 36.9 Å². The molecule has 0 unspecified atom stereocenters. The maximum Gasteiger partial charge on any atom is 0.165 e. The van der Waals surface area contributed by atoms with Gasteiger partial charge in [0.15, 0.2) is 17.0 Å². The minimum Gasteiger partial charge on any atom is -0.338 e. The number of nitrogens with zero attached hydrogens (tertiary/aromatic N) is 4. The van der Waals surface area contributed by atoms with Crippen LogP contribution in [0.15, 0.2) is 36.9 Å². The molecule has 0 radical (unpaired) electrons. The van der Waals surface area contributed by atoms with Gasteiger partial charge in [-0.3, -0.25) is 0 Å². The van der Waals surface area contributed by atoms with Gasteiger partial charge in [0.2, 0.25) is 0 Å². The molecule has 0 aliphatic heterocycles. The van der Waals surface area contributed by atoms with Crippen LogP contribution < -0.4 is 10.6 Å². The lowest BCUT2D eigenvalue weighted by Crippen LogP contribution is -2.04. The van der Waals surface area contributed by atoms with Gasteiger partial charge in [0, 0.05) is 18.0 Å². The molecule has 1 aromatic carbocycles. The number of benzene rings is 1. The second-order valence-electron chi connectivity index (χ2n) is 5.28. The highest BCUT2D eigenvalue weighted by molar-refractivity contribution is 7.70. The van der Waals surface area contributed by atoms with Gasteiger partial charge in [-0.2, -0.15) is 0 Å². The molecule has 0 bridgehead atoms. The summed E-state index contributed by atoms with van der Waals surface area (Å²) in [5.41, 5.74) is 2.31. The van der Waals surface area contributed by atoms with Crippen molar-refractivity contribution in [2.75, 3.05) is 18.6 Å². The molecule has 21 heavy (non-hydrogen) atoms. The van der Waals surface area contributed by atoms with E-state index in [1.54, 1.807) is 19.7 Å². The van der Waals surface area contributed by atoms with Crippen LogP contribution in [0, 0.1) is 0 Å². The Morgan fingerprint density at radius 2 is 2.00 bits per heavy atom. The molecule has 0 saturated heterocycles. The lowest BCUT2D eigenvalue weighted by Gasteiger charge is -2.10. The van der Waals surface area contributed by atoms with E-state index in [9.17, 15) is 4.57 Å². The van der Waals surface area contributed by atoms with Gasteiger partial charge in [-0.15, -0.1) is 0 Å². The molecule has 2 aromatic heterocycles. The van der Waals surface area contributed by atoms with Crippen LogP contribution in [-0.2, 0) is 11.6 Å². The zero-order valence-electron chi connectivity index (χ0n) is 12.1. The third kappa shape index (κ3) is 2.67. The van der Waals surface area contributed by atoms with Gasteiger partial charge in [-0.05, 0) is 25.5 Å². The summed E-state index contributed by atoms with van der Waals surface area (Å²) in [7, 11) is -0.400. The van der Waals surface area contributed by atoms with Crippen LogP contribution in [0.4, 0.5) is 11.5 Å². The Morgan fingerprint density at radius 3 is 2.76 bits per heavy atom. The van der Waals surface area contributed by atoms with Crippen molar-refractivity contribution in [3.8, 4) is 0 Å². The Morgan fingerprint density at radius 1 is 1.19 bits per heavy atom. The van der Waals surface area contributed by atoms with E-state index < -0.39 is 7.14 Å². The van der Waals surface area contributed by atoms with Crippen LogP contribution in [0.1, 0.15) is 0 Å². The minimum atomic E-state index is -2.29. The van der Waals surface area contributed by atoms with Crippen molar-refractivity contribution in [3.63, 3.8) is 0 Å². The Balaban J connectivity index is 2.01. The minimum absolute atomic E-state index is 0.639. The number of aryl methyl sites for hydroxylation is 1. The number of hydrogen-bond acceptors (Lipinski definition) is 5. The molecule has 7 heteroatoms. The predicted molar refractivity (Wildman–Crippen MR) is 85.1 cm³/mol.